The zero-order valence-electron chi connectivity index (χ0n) is 8.69. The predicted molar refractivity (Wildman–Crippen MR) is 52.8 cm³/mol. The number of hydrogen-bond donors (Lipinski definition) is 0. The summed E-state index contributed by atoms with van der Waals surface area (Å²) < 4.78 is 0. The van der Waals surface area contributed by atoms with Gasteiger partial charge in [-0.3, -0.25) is 0 Å². The van der Waals surface area contributed by atoms with Crippen LogP contribution in [-0.2, 0) is 0 Å². The summed E-state index contributed by atoms with van der Waals surface area (Å²) >= 11 is 0. The molecule has 2 atom stereocenters. The molecule has 0 rings (SSSR count). The van der Waals surface area contributed by atoms with Crippen molar-refractivity contribution >= 4 is 0 Å². The normalized spacial score (nSPS) is 16.4. The van der Waals surface area contributed by atoms with Crippen molar-refractivity contribution in [1.29, 1.82) is 0 Å². The summed E-state index contributed by atoms with van der Waals surface area (Å²) in [5.41, 5.74) is 0. The lowest BCUT2D eigenvalue weighted by atomic mass is 9.96. The van der Waals surface area contributed by atoms with E-state index in [9.17, 15) is 0 Å². The van der Waals surface area contributed by atoms with Crippen molar-refractivity contribution < 1.29 is 0 Å². The second kappa shape index (κ2) is 6.69. The monoisotopic (exact) mass is 156 g/mol. The molecule has 0 heteroatoms. The predicted octanol–water partition coefficient (Wildman–Crippen LogP) is 4.25. The molecule has 0 saturated heterocycles. The van der Waals surface area contributed by atoms with E-state index in [4.69, 9.17) is 0 Å². The van der Waals surface area contributed by atoms with Gasteiger partial charge in [0.05, 0.1) is 0 Å². The first kappa shape index (κ1) is 11.0. The summed E-state index contributed by atoms with van der Waals surface area (Å²) in [5, 5.41) is 0. The first-order valence-electron chi connectivity index (χ1n) is 5.20. The maximum absolute atomic E-state index is 2.36. The van der Waals surface area contributed by atoms with Crippen LogP contribution in [0.4, 0.5) is 0 Å². The molecule has 0 N–H and O–H groups in total. The van der Waals surface area contributed by atoms with Gasteiger partial charge in [-0.2, -0.15) is 0 Å². The lowest BCUT2D eigenvalue weighted by Crippen LogP contribution is -1.96. The van der Waals surface area contributed by atoms with Crippen LogP contribution in [0.1, 0.15) is 59.8 Å². The van der Waals surface area contributed by atoms with Crippen LogP contribution in [0.15, 0.2) is 0 Å². The average molecular weight is 156 g/mol. The molecule has 0 unspecified atom stereocenters. The molecule has 0 aromatic heterocycles. The Morgan fingerprint density at radius 3 is 1.45 bits per heavy atom. The van der Waals surface area contributed by atoms with Crippen LogP contribution >= 0.6 is 0 Å². The summed E-state index contributed by atoms with van der Waals surface area (Å²) in [6, 6.07) is 0. The van der Waals surface area contributed by atoms with E-state index in [0.717, 1.165) is 11.8 Å². The molecule has 0 aliphatic heterocycles. The Labute approximate surface area is 72.4 Å². The van der Waals surface area contributed by atoms with Gasteiger partial charge < -0.3 is 0 Å². The van der Waals surface area contributed by atoms with E-state index in [1.165, 1.54) is 32.1 Å². The van der Waals surface area contributed by atoms with Crippen LogP contribution in [-0.4, -0.2) is 0 Å². The van der Waals surface area contributed by atoms with Crippen molar-refractivity contribution in [1.82, 2.24) is 0 Å². The van der Waals surface area contributed by atoms with Crippen LogP contribution in [0.5, 0.6) is 0 Å². The standard InChI is InChI=1S/C11H24/c1-5-10(3)8-7-9-11(4)6-2/h10-11H,5-9H2,1-4H3/t10-,11-/m0/s1. The Morgan fingerprint density at radius 2 is 1.18 bits per heavy atom. The molecule has 0 aromatic rings. The third-order valence-electron chi connectivity index (χ3n) is 2.79. The van der Waals surface area contributed by atoms with Crippen molar-refractivity contribution in [3.05, 3.63) is 0 Å². The second-order valence-corrected chi connectivity index (χ2v) is 3.96. The molecule has 0 fully saturated rings. The van der Waals surface area contributed by atoms with E-state index in [-0.39, 0.29) is 0 Å². The summed E-state index contributed by atoms with van der Waals surface area (Å²) in [6.45, 7) is 9.29. The molecule has 0 nitrogen and oxygen atoms in total. The summed E-state index contributed by atoms with van der Waals surface area (Å²) in [7, 11) is 0. The van der Waals surface area contributed by atoms with Crippen molar-refractivity contribution in [2.24, 2.45) is 11.8 Å². The Kier molecular flexibility index (Phi) is 6.69. The number of hydrogen-bond acceptors (Lipinski definition) is 0. The molecule has 0 amide bonds. The Hall–Kier alpha value is 0. The molecule has 0 saturated carbocycles. The highest BCUT2D eigenvalue weighted by molar-refractivity contribution is 4.54. The second-order valence-electron chi connectivity index (χ2n) is 3.96. The Bertz CT molecular complexity index is 66.1. The molecule has 0 aliphatic rings. The van der Waals surface area contributed by atoms with E-state index in [2.05, 4.69) is 27.7 Å². The third-order valence-corrected chi connectivity index (χ3v) is 2.79. The first-order valence-corrected chi connectivity index (χ1v) is 5.20. The van der Waals surface area contributed by atoms with Gasteiger partial charge in [-0.05, 0) is 11.8 Å². The van der Waals surface area contributed by atoms with Gasteiger partial charge in [0.25, 0.3) is 0 Å². The van der Waals surface area contributed by atoms with Gasteiger partial charge in [-0.25, -0.2) is 0 Å². The van der Waals surface area contributed by atoms with Crippen LogP contribution in [0.3, 0.4) is 0 Å². The van der Waals surface area contributed by atoms with Crippen LogP contribution in [0.2, 0.25) is 0 Å². The van der Waals surface area contributed by atoms with Gasteiger partial charge in [0.2, 0.25) is 0 Å². The third kappa shape index (κ3) is 6.40. The fourth-order valence-corrected chi connectivity index (χ4v) is 1.22. The van der Waals surface area contributed by atoms with Crippen LogP contribution in [0, 0.1) is 11.8 Å². The highest BCUT2D eigenvalue weighted by atomic mass is 14.1. The van der Waals surface area contributed by atoms with Crippen molar-refractivity contribution in [2.45, 2.75) is 59.8 Å². The minimum Gasteiger partial charge on any atom is -0.0651 e. The number of rotatable bonds is 6. The highest BCUT2D eigenvalue weighted by Crippen LogP contribution is 2.16. The zero-order valence-corrected chi connectivity index (χ0v) is 8.69. The minimum atomic E-state index is 0.944. The lowest BCUT2D eigenvalue weighted by molar-refractivity contribution is 0.428. The fraction of sp³-hybridized carbons (Fsp3) is 1.00. The molecular weight excluding hydrogens is 132 g/mol. The minimum absolute atomic E-state index is 0.944. The van der Waals surface area contributed by atoms with Gasteiger partial charge in [-0.1, -0.05) is 59.8 Å². The van der Waals surface area contributed by atoms with E-state index < -0.39 is 0 Å². The summed E-state index contributed by atoms with van der Waals surface area (Å²) in [5.74, 6) is 1.89. The van der Waals surface area contributed by atoms with Gasteiger partial charge >= 0.3 is 0 Å². The molecule has 68 valence electrons. The summed E-state index contributed by atoms with van der Waals surface area (Å²) in [6.07, 6.45) is 6.99. The Morgan fingerprint density at radius 1 is 0.818 bits per heavy atom. The van der Waals surface area contributed by atoms with Crippen molar-refractivity contribution in [3.8, 4) is 0 Å². The average Bonchev–Trinajstić information content (AvgIpc) is 2.04. The maximum atomic E-state index is 2.36. The Balaban J connectivity index is 3.13. The molecule has 11 heavy (non-hydrogen) atoms. The van der Waals surface area contributed by atoms with Crippen molar-refractivity contribution in [3.63, 3.8) is 0 Å². The molecule has 0 aliphatic carbocycles. The van der Waals surface area contributed by atoms with Gasteiger partial charge in [-0.15, -0.1) is 0 Å². The largest absolute Gasteiger partial charge is 0.0651 e. The molecule has 0 radical (unpaired) electrons. The van der Waals surface area contributed by atoms with Crippen molar-refractivity contribution in [2.75, 3.05) is 0 Å². The first-order chi connectivity index (χ1) is 5.20. The smallest absolute Gasteiger partial charge is 0.0445 e. The quantitative estimate of drug-likeness (QED) is 0.539. The molecule has 0 heterocycles. The molecular formula is C11H24. The van der Waals surface area contributed by atoms with Crippen LogP contribution < -0.4 is 0 Å². The summed E-state index contributed by atoms with van der Waals surface area (Å²) in [4.78, 5) is 0. The van der Waals surface area contributed by atoms with Gasteiger partial charge in [0, 0.05) is 0 Å². The van der Waals surface area contributed by atoms with E-state index >= 15 is 0 Å². The topological polar surface area (TPSA) is 0 Å². The molecule has 0 spiro atoms. The highest BCUT2D eigenvalue weighted by Gasteiger charge is 2.01. The maximum Gasteiger partial charge on any atom is -0.0445 e. The van der Waals surface area contributed by atoms with E-state index in [0.29, 0.717) is 0 Å². The van der Waals surface area contributed by atoms with Gasteiger partial charge in [0.15, 0.2) is 0 Å². The van der Waals surface area contributed by atoms with E-state index in [1.807, 2.05) is 0 Å². The molecule has 0 bridgehead atoms. The van der Waals surface area contributed by atoms with Gasteiger partial charge in [0.1, 0.15) is 0 Å². The van der Waals surface area contributed by atoms with E-state index in [1.54, 1.807) is 0 Å². The lowest BCUT2D eigenvalue weighted by Gasteiger charge is -2.10. The van der Waals surface area contributed by atoms with Crippen LogP contribution in [0.25, 0.3) is 0 Å². The SMILES string of the molecule is CC[C@H](C)CCC[C@@H](C)CC. The zero-order chi connectivity index (χ0) is 8.69. The molecule has 0 aromatic carbocycles. The fourth-order valence-electron chi connectivity index (χ4n) is 1.22.